The molecular weight excluding hydrogens is 310 g/mol. The number of aromatic nitrogens is 1. The van der Waals surface area contributed by atoms with Crippen LogP contribution in [0, 0.1) is 22.5 Å². The van der Waals surface area contributed by atoms with Crippen molar-refractivity contribution in [3.8, 4) is 0 Å². The largest absolute Gasteiger partial charge is 0.396 e. The Kier molecular flexibility index (Phi) is 4.64. The zero-order chi connectivity index (χ0) is 17.2. The van der Waals surface area contributed by atoms with E-state index in [9.17, 15) is 15.2 Å². The minimum atomic E-state index is -0.402. The number of fused-ring (bicyclic) bond motifs is 1. The van der Waals surface area contributed by atoms with Crippen molar-refractivity contribution >= 4 is 22.3 Å². The Morgan fingerprint density at radius 1 is 1.46 bits per heavy atom. The summed E-state index contributed by atoms with van der Waals surface area (Å²) in [5.41, 5.74) is 2.34. The summed E-state index contributed by atoms with van der Waals surface area (Å²) in [6.07, 6.45) is 1.56. The first-order chi connectivity index (χ1) is 11.5. The second kappa shape index (κ2) is 6.70. The lowest BCUT2D eigenvalue weighted by atomic mass is 9.84. The highest BCUT2D eigenvalue weighted by Gasteiger charge is 2.34. The first-order valence-corrected chi connectivity index (χ1v) is 8.01. The Morgan fingerprint density at radius 3 is 2.96 bits per heavy atom. The fourth-order valence-electron chi connectivity index (χ4n) is 3.20. The van der Waals surface area contributed by atoms with Gasteiger partial charge >= 0.3 is 0 Å². The van der Waals surface area contributed by atoms with Crippen molar-refractivity contribution in [2.75, 3.05) is 31.7 Å². The van der Waals surface area contributed by atoms with Crippen LogP contribution in [-0.4, -0.2) is 41.4 Å². The van der Waals surface area contributed by atoms with E-state index in [1.54, 1.807) is 12.1 Å². The third-order valence-electron chi connectivity index (χ3n) is 4.61. The quantitative estimate of drug-likeness (QED) is 0.624. The molecule has 1 saturated heterocycles. The lowest BCUT2D eigenvalue weighted by Gasteiger charge is -2.27. The number of non-ortho nitro benzene ring substituents is 1. The maximum atomic E-state index is 11.0. The van der Waals surface area contributed by atoms with Gasteiger partial charge in [-0.25, -0.2) is 0 Å². The van der Waals surface area contributed by atoms with E-state index < -0.39 is 4.92 Å². The average Bonchev–Trinajstić information content (AvgIpc) is 3.01. The second-order valence-electron chi connectivity index (χ2n) is 6.40. The lowest BCUT2D eigenvalue weighted by molar-refractivity contribution is -0.384. The van der Waals surface area contributed by atoms with E-state index in [0.29, 0.717) is 26.2 Å². The smallest absolute Gasteiger partial charge is 0.270 e. The number of ether oxygens (including phenoxy) is 1. The van der Waals surface area contributed by atoms with Gasteiger partial charge in [-0.1, -0.05) is 0 Å². The van der Waals surface area contributed by atoms with Crippen LogP contribution in [0.3, 0.4) is 0 Å². The molecule has 1 unspecified atom stereocenters. The molecule has 2 N–H and O–H groups in total. The number of aryl methyl sites for hydroxylation is 1. The highest BCUT2D eigenvalue weighted by atomic mass is 16.6. The summed E-state index contributed by atoms with van der Waals surface area (Å²) in [7, 11) is 0. The molecule has 0 bridgehead atoms. The standard InChI is InChI=1S/C17H21N3O4/c1-12-8-16(18-10-17(4-6-21)5-7-24-11-17)14-9-13(20(22)23)2-3-15(14)19-12/h2-3,8-9,21H,4-7,10-11H2,1H3,(H,18,19). The van der Waals surface area contributed by atoms with Crippen LogP contribution in [0.5, 0.6) is 0 Å². The van der Waals surface area contributed by atoms with Crippen molar-refractivity contribution in [1.29, 1.82) is 0 Å². The summed E-state index contributed by atoms with van der Waals surface area (Å²) < 4.78 is 5.51. The van der Waals surface area contributed by atoms with Crippen LogP contribution >= 0.6 is 0 Å². The van der Waals surface area contributed by atoms with Crippen LogP contribution in [0.4, 0.5) is 11.4 Å². The minimum Gasteiger partial charge on any atom is -0.396 e. The van der Waals surface area contributed by atoms with E-state index in [2.05, 4.69) is 10.3 Å². The van der Waals surface area contributed by atoms with E-state index in [0.717, 1.165) is 28.7 Å². The normalized spacial score (nSPS) is 20.4. The van der Waals surface area contributed by atoms with Crippen molar-refractivity contribution in [2.45, 2.75) is 19.8 Å². The van der Waals surface area contributed by atoms with Gasteiger partial charge in [-0.05, 0) is 31.9 Å². The molecule has 1 fully saturated rings. The zero-order valence-corrected chi connectivity index (χ0v) is 13.6. The number of nitrogens with zero attached hydrogens (tertiary/aromatic N) is 2. The van der Waals surface area contributed by atoms with E-state index in [4.69, 9.17) is 4.74 Å². The molecule has 1 aliphatic heterocycles. The zero-order valence-electron chi connectivity index (χ0n) is 13.6. The third kappa shape index (κ3) is 3.32. The summed E-state index contributed by atoms with van der Waals surface area (Å²) in [5, 5.41) is 24.5. The van der Waals surface area contributed by atoms with Gasteiger partial charge in [0, 0.05) is 54.1 Å². The van der Waals surface area contributed by atoms with Gasteiger partial charge in [0.25, 0.3) is 5.69 Å². The van der Waals surface area contributed by atoms with Crippen LogP contribution in [0.25, 0.3) is 10.9 Å². The lowest BCUT2D eigenvalue weighted by Crippen LogP contribution is -2.31. The highest BCUT2D eigenvalue weighted by molar-refractivity contribution is 5.93. The summed E-state index contributed by atoms with van der Waals surface area (Å²) >= 11 is 0. The minimum absolute atomic E-state index is 0.0467. The average molecular weight is 331 g/mol. The molecule has 3 rings (SSSR count). The molecule has 128 valence electrons. The van der Waals surface area contributed by atoms with Crippen LogP contribution in [0.2, 0.25) is 0 Å². The molecule has 0 amide bonds. The van der Waals surface area contributed by atoms with Gasteiger partial charge in [0.1, 0.15) is 0 Å². The Labute approximate surface area is 139 Å². The highest BCUT2D eigenvalue weighted by Crippen LogP contribution is 2.34. The van der Waals surface area contributed by atoms with E-state index in [1.165, 1.54) is 6.07 Å². The maximum absolute atomic E-state index is 11.0. The summed E-state index contributed by atoms with van der Waals surface area (Å²) in [4.78, 5) is 15.1. The van der Waals surface area contributed by atoms with Crippen LogP contribution in [0.15, 0.2) is 24.3 Å². The van der Waals surface area contributed by atoms with Crippen molar-refractivity contribution in [2.24, 2.45) is 5.41 Å². The number of nitro groups is 1. The van der Waals surface area contributed by atoms with E-state index >= 15 is 0 Å². The number of rotatable bonds is 6. The molecule has 0 aliphatic carbocycles. The van der Waals surface area contributed by atoms with Crippen molar-refractivity contribution in [3.05, 3.63) is 40.1 Å². The molecule has 1 aliphatic rings. The molecule has 7 heteroatoms. The Hall–Kier alpha value is -2.25. The first kappa shape index (κ1) is 16.6. The van der Waals surface area contributed by atoms with E-state index in [1.807, 2.05) is 13.0 Å². The molecular formula is C17H21N3O4. The molecule has 24 heavy (non-hydrogen) atoms. The number of nitro benzene ring substituents is 1. The predicted octanol–water partition coefficient (Wildman–Crippen LogP) is 2.65. The molecule has 1 atom stereocenters. The van der Waals surface area contributed by atoms with Gasteiger partial charge < -0.3 is 15.2 Å². The number of anilines is 1. The molecule has 0 radical (unpaired) electrons. The number of aliphatic hydroxyl groups excluding tert-OH is 1. The SMILES string of the molecule is Cc1cc(NCC2(CCO)CCOC2)c2cc([N+](=O)[O-])ccc2n1. The summed E-state index contributed by atoms with van der Waals surface area (Å²) in [5.74, 6) is 0. The van der Waals surface area contributed by atoms with Gasteiger partial charge in [0.05, 0.1) is 17.0 Å². The Morgan fingerprint density at radius 2 is 2.29 bits per heavy atom. The Bertz CT molecular complexity index is 757. The van der Waals surface area contributed by atoms with Crippen molar-refractivity contribution in [3.63, 3.8) is 0 Å². The molecule has 1 aromatic heterocycles. The predicted molar refractivity (Wildman–Crippen MR) is 91.2 cm³/mol. The molecule has 0 spiro atoms. The monoisotopic (exact) mass is 331 g/mol. The van der Waals surface area contributed by atoms with Gasteiger partial charge in [0.2, 0.25) is 0 Å². The van der Waals surface area contributed by atoms with Crippen molar-refractivity contribution < 1.29 is 14.8 Å². The number of nitrogens with one attached hydrogen (secondary N) is 1. The molecule has 1 aromatic carbocycles. The van der Waals surface area contributed by atoms with Crippen LogP contribution < -0.4 is 5.32 Å². The second-order valence-corrected chi connectivity index (χ2v) is 6.40. The summed E-state index contributed by atoms with van der Waals surface area (Å²) in [6, 6.07) is 6.59. The number of pyridine rings is 1. The van der Waals surface area contributed by atoms with Gasteiger partial charge in [0.15, 0.2) is 0 Å². The fourth-order valence-corrected chi connectivity index (χ4v) is 3.20. The number of hydrogen-bond acceptors (Lipinski definition) is 6. The maximum Gasteiger partial charge on any atom is 0.270 e. The molecule has 0 saturated carbocycles. The fraction of sp³-hybridized carbons (Fsp3) is 0.471. The molecule has 2 heterocycles. The first-order valence-electron chi connectivity index (χ1n) is 8.01. The topological polar surface area (TPSA) is 97.5 Å². The van der Waals surface area contributed by atoms with Crippen molar-refractivity contribution in [1.82, 2.24) is 4.98 Å². The molecule has 2 aromatic rings. The number of benzene rings is 1. The third-order valence-corrected chi connectivity index (χ3v) is 4.61. The number of aliphatic hydroxyl groups is 1. The number of hydrogen-bond donors (Lipinski definition) is 2. The van der Waals surface area contributed by atoms with E-state index in [-0.39, 0.29) is 17.7 Å². The molecule has 7 nitrogen and oxygen atoms in total. The van der Waals surface area contributed by atoms with Gasteiger partial charge in [-0.2, -0.15) is 0 Å². The summed E-state index contributed by atoms with van der Waals surface area (Å²) in [6.45, 7) is 3.97. The van der Waals surface area contributed by atoms with Crippen LogP contribution in [0.1, 0.15) is 18.5 Å². The van der Waals surface area contributed by atoms with Gasteiger partial charge in [-0.3, -0.25) is 15.1 Å². The van der Waals surface area contributed by atoms with Crippen LogP contribution in [-0.2, 0) is 4.74 Å². The van der Waals surface area contributed by atoms with Gasteiger partial charge in [-0.15, -0.1) is 0 Å². The Balaban J connectivity index is 1.92.